The summed E-state index contributed by atoms with van der Waals surface area (Å²) in [4.78, 5) is 27.9. The fraction of sp³-hybridized carbons (Fsp3) is 0.263. The summed E-state index contributed by atoms with van der Waals surface area (Å²) in [6.07, 6.45) is 2.67. The molecule has 0 atom stereocenters. The molecule has 1 amide bonds. The second-order valence-corrected chi connectivity index (χ2v) is 6.07. The Hall–Kier alpha value is -2.82. The Morgan fingerprint density at radius 1 is 1.25 bits per heavy atom. The van der Waals surface area contributed by atoms with E-state index in [1.807, 2.05) is 37.4 Å². The lowest BCUT2D eigenvalue weighted by Gasteiger charge is -2.11. The molecule has 3 rings (SSSR count). The van der Waals surface area contributed by atoms with Gasteiger partial charge in [-0.1, -0.05) is 18.2 Å². The standard InChI is InChI=1S/C19H21N3O2/c1-12-10-13(2)22(3)19(24)17(12)18(23)20-9-8-14-11-21-16-7-5-4-6-15(14)16/h4-7,10-11,21H,8-9H2,1-3H3,(H,20,23). The van der Waals surface area contributed by atoms with Gasteiger partial charge in [-0.3, -0.25) is 9.59 Å². The number of rotatable bonds is 4. The van der Waals surface area contributed by atoms with Crippen molar-refractivity contribution in [1.29, 1.82) is 0 Å². The number of fused-ring (bicyclic) bond motifs is 1. The van der Waals surface area contributed by atoms with Gasteiger partial charge in [0.2, 0.25) is 0 Å². The lowest BCUT2D eigenvalue weighted by atomic mass is 10.1. The molecular formula is C19H21N3O2. The Morgan fingerprint density at radius 3 is 2.79 bits per heavy atom. The van der Waals surface area contributed by atoms with Gasteiger partial charge in [0.15, 0.2) is 0 Å². The molecule has 24 heavy (non-hydrogen) atoms. The van der Waals surface area contributed by atoms with Gasteiger partial charge in [-0.25, -0.2) is 0 Å². The molecule has 2 heterocycles. The number of nitrogens with zero attached hydrogens (tertiary/aromatic N) is 1. The van der Waals surface area contributed by atoms with E-state index in [4.69, 9.17) is 0 Å². The third kappa shape index (κ3) is 2.85. The number of aromatic nitrogens is 2. The lowest BCUT2D eigenvalue weighted by molar-refractivity contribution is 0.0951. The van der Waals surface area contributed by atoms with Gasteiger partial charge in [-0.15, -0.1) is 0 Å². The molecule has 0 aliphatic rings. The van der Waals surface area contributed by atoms with Gasteiger partial charge >= 0.3 is 0 Å². The number of benzene rings is 1. The first-order valence-corrected chi connectivity index (χ1v) is 7.99. The Bertz CT molecular complexity index is 966. The van der Waals surface area contributed by atoms with Crippen molar-refractivity contribution in [3.05, 3.63) is 69.3 Å². The Kier molecular flexibility index (Phi) is 4.25. The van der Waals surface area contributed by atoms with Crippen LogP contribution in [0, 0.1) is 13.8 Å². The average Bonchev–Trinajstić information content (AvgIpc) is 2.96. The van der Waals surface area contributed by atoms with Crippen LogP contribution in [0.2, 0.25) is 0 Å². The van der Waals surface area contributed by atoms with Gasteiger partial charge in [-0.2, -0.15) is 0 Å². The fourth-order valence-corrected chi connectivity index (χ4v) is 2.99. The lowest BCUT2D eigenvalue weighted by Crippen LogP contribution is -2.35. The predicted octanol–water partition coefficient (Wildman–Crippen LogP) is 2.46. The minimum Gasteiger partial charge on any atom is -0.361 e. The largest absolute Gasteiger partial charge is 0.361 e. The predicted molar refractivity (Wildman–Crippen MR) is 95.5 cm³/mol. The number of H-pyrrole nitrogens is 1. The molecule has 2 aromatic heterocycles. The fourth-order valence-electron chi connectivity index (χ4n) is 2.99. The van der Waals surface area contributed by atoms with Crippen molar-refractivity contribution in [2.75, 3.05) is 6.54 Å². The molecular weight excluding hydrogens is 302 g/mol. The molecule has 1 aromatic carbocycles. The Balaban J connectivity index is 1.73. The van der Waals surface area contributed by atoms with Crippen LogP contribution in [0.1, 0.15) is 27.2 Å². The maximum Gasteiger partial charge on any atom is 0.263 e. The van der Waals surface area contributed by atoms with E-state index in [0.29, 0.717) is 18.5 Å². The van der Waals surface area contributed by atoms with E-state index in [1.165, 1.54) is 4.57 Å². The van der Waals surface area contributed by atoms with Gasteiger partial charge in [0, 0.05) is 36.4 Å². The number of nitrogens with one attached hydrogen (secondary N) is 2. The zero-order valence-electron chi connectivity index (χ0n) is 14.1. The number of pyridine rings is 1. The normalized spacial score (nSPS) is 11.0. The van der Waals surface area contributed by atoms with Crippen molar-refractivity contribution < 1.29 is 4.79 Å². The van der Waals surface area contributed by atoms with Crippen molar-refractivity contribution in [1.82, 2.24) is 14.9 Å². The number of aromatic amines is 1. The summed E-state index contributed by atoms with van der Waals surface area (Å²) in [6.45, 7) is 4.13. The highest BCUT2D eigenvalue weighted by Gasteiger charge is 2.16. The molecule has 0 fully saturated rings. The first-order valence-electron chi connectivity index (χ1n) is 7.99. The molecule has 2 N–H and O–H groups in total. The minimum absolute atomic E-state index is 0.224. The molecule has 124 valence electrons. The van der Waals surface area contributed by atoms with E-state index in [9.17, 15) is 9.59 Å². The first kappa shape index (κ1) is 16.1. The van der Waals surface area contributed by atoms with Crippen molar-refractivity contribution in [2.24, 2.45) is 7.05 Å². The molecule has 5 heteroatoms. The van der Waals surface area contributed by atoms with Crippen LogP contribution in [0.5, 0.6) is 0 Å². The second-order valence-electron chi connectivity index (χ2n) is 6.07. The SMILES string of the molecule is Cc1cc(C)n(C)c(=O)c1C(=O)NCCc1c[nH]c2ccccc12. The maximum atomic E-state index is 12.4. The molecule has 0 saturated heterocycles. The van der Waals surface area contributed by atoms with E-state index >= 15 is 0 Å². The van der Waals surface area contributed by atoms with Gasteiger partial charge in [0.25, 0.3) is 11.5 Å². The van der Waals surface area contributed by atoms with Gasteiger partial charge in [0.1, 0.15) is 5.56 Å². The van der Waals surface area contributed by atoms with Crippen molar-refractivity contribution in [3.63, 3.8) is 0 Å². The summed E-state index contributed by atoms with van der Waals surface area (Å²) in [7, 11) is 1.68. The number of para-hydroxylation sites is 1. The molecule has 5 nitrogen and oxygen atoms in total. The highest BCUT2D eigenvalue weighted by molar-refractivity contribution is 5.95. The molecule has 0 aliphatic carbocycles. The summed E-state index contributed by atoms with van der Waals surface area (Å²) in [5, 5.41) is 4.03. The second kappa shape index (κ2) is 6.35. The van der Waals surface area contributed by atoms with Crippen molar-refractivity contribution in [2.45, 2.75) is 20.3 Å². The maximum absolute atomic E-state index is 12.4. The van der Waals surface area contributed by atoms with Crippen molar-refractivity contribution in [3.8, 4) is 0 Å². The van der Waals surface area contributed by atoms with Crippen LogP contribution < -0.4 is 10.9 Å². The van der Waals surface area contributed by atoms with Crippen LogP contribution in [0.25, 0.3) is 10.9 Å². The van der Waals surface area contributed by atoms with Crippen molar-refractivity contribution >= 4 is 16.8 Å². The molecule has 0 unspecified atom stereocenters. The number of amides is 1. The van der Waals surface area contributed by atoms with E-state index in [2.05, 4.69) is 16.4 Å². The summed E-state index contributed by atoms with van der Waals surface area (Å²) in [5.41, 5.74) is 3.76. The number of carbonyl (C=O) groups is 1. The van der Waals surface area contributed by atoms with Crippen LogP contribution in [-0.4, -0.2) is 22.0 Å². The molecule has 0 saturated carbocycles. The highest BCUT2D eigenvalue weighted by Crippen LogP contribution is 2.17. The van der Waals surface area contributed by atoms with Gasteiger partial charge in [0.05, 0.1) is 0 Å². The number of carbonyl (C=O) groups excluding carboxylic acids is 1. The monoisotopic (exact) mass is 323 g/mol. The van der Waals surface area contributed by atoms with E-state index in [0.717, 1.165) is 22.2 Å². The third-order valence-electron chi connectivity index (χ3n) is 4.45. The first-order chi connectivity index (χ1) is 11.5. The summed E-state index contributed by atoms with van der Waals surface area (Å²) in [6, 6.07) is 9.92. The summed E-state index contributed by atoms with van der Waals surface area (Å²) < 4.78 is 1.50. The Morgan fingerprint density at radius 2 is 2.00 bits per heavy atom. The van der Waals surface area contributed by atoms with Crippen LogP contribution in [0.15, 0.2) is 41.3 Å². The topological polar surface area (TPSA) is 66.9 Å². The van der Waals surface area contributed by atoms with E-state index in [1.54, 1.807) is 14.0 Å². The minimum atomic E-state index is -0.312. The van der Waals surface area contributed by atoms with Crippen LogP contribution in [-0.2, 0) is 13.5 Å². The third-order valence-corrected chi connectivity index (χ3v) is 4.45. The van der Waals surface area contributed by atoms with Gasteiger partial charge in [-0.05, 0) is 43.5 Å². The summed E-state index contributed by atoms with van der Waals surface area (Å²) in [5.74, 6) is -0.312. The average molecular weight is 323 g/mol. The van der Waals surface area contributed by atoms with E-state index < -0.39 is 0 Å². The van der Waals surface area contributed by atoms with Crippen LogP contribution in [0.4, 0.5) is 0 Å². The number of hydrogen-bond acceptors (Lipinski definition) is 2. The molecule has 0 spiro atoms. The Labute approximate surface area is 140 Å². The molecule has 0 aliphatic heterocycles. The van der Waals surface area contributed by atoms with E-state index in [-0.39, 0.29) is 17.0 Å². The molecule has 0 radical (unpaired) electrons. The molecule has 3 aromatic rings. The van der Waals surface area contributed by atoms with Crippen LogP contribution >= 0.6 is 0 Å². The quantitative estimate of drug-likeness (QED) is 0.774. The summed E-state index contributed by atoms with van der Waals surface area (Å²) >= 11 is 0. The zero-order chi connectivity index (χ0) is 17.3. The molecule has 0 bridgehead atoms. The number of aryl methyl sites for hydroxylation is 2. The number of hydrogen-bond donors (Lipinski definition) is 2. The zero-order valence-corrected chi connectivity index (χ0v) is 14.1. The highest BCUT2D eigenvalue weighted by atomic mass is 16.2. The van der Waals surface area contributed by atoms with Crippen LogP contribution in [0.3, 0.4) is 0 Å². The smallest absolute Gasteiger partial charge is 0.263 e. The van der Waals surface area contributed by atoms with Gasteiger partial charge < -0.3 is 14.9 Å².